The Balaban J connectivity index is 2.68. The maximum Gasteiger partial charge on any atom is 0.220 e. The number of thiocarbonyl (C=S) groups is 1. The van der Waals surface area contributed by atoms with Crippen LogP contribution in [0.4, 0.5) is 0 Å². The van der Waals surface area contributed by atoms with Crippen molar-refractivity contribution in [2.24, 2.45) is 0 Å². The van der Waals surface area contributed by atoms with E-state index >= 15 is 0 Å². The Labute approximate surface area is 112 Å². The van der Waals surface area contributed by atoms with Gasteiger partial charge in [0.1, 0.15) is 0 Å². The highest BCUT2D eigenvalue weighted by Gasteiger charge is 2.20. The van der Waals surface area contributed by atoms with Crippen molar-refractivity contribution in [3.05, 3.63) is 35.9 Å². The summed E-state index contributed by atoms with van der Waals surface area (Å²) in [7, 11) is 0. The number of carbonyl (C=O) groups excluding carboxylic acids is 1. The van der Waals surface area contributed by atoms with Crippen LogP contribution in [-0.4, -0.2) is 22.0 Å². The molecule has 0 saturated carbocycles. The molecule has 2 nitrogen and oxygen atoms in total. The molecule has 1 aromatic carbocycles. The lowest BCUT2D eigenvalue weighted by Crippen LogP contribution is -2.18. The number of Topliss-reactive ketones (excluding diaryl/α,β-unsaturated/α-hetero) is 1. The summed E-state index contributed by atoms with van der Waals surface area (Å²) >= 11 is 6.39. The third kappa shape index (κ3) is 4.48. The summed E-state index contributed by atoms with van der Waals surface area (Å²) in [5.74, 6) is 0.111. The second-order valence-electron chi connectivity index (χ2n) is 3.43. The molecule has 0 heterocycles. The third-order valence-corrected chi connectivity index (χ3v) is 3.77. The second-order valence-corrected chi connectivity index (χ2v) is 5.23. The zero-order valence-electron chi connectivity index (χ0n) is 10.0. The van der Waals surface area contributed by atoms with E-state index < -0.39 is 0 Å². The SMILES string of the molecule is CCOC(=S)SC(CC)C(=O)c1ccccc1. The van der Waals surface area contributed by atoms with E-state index in [1.54, 1.807) is 0 Å². The van der Waals surface area contributed by atoms with Crippen molar-refractivity contribution < 1.29 is 9.53 Å². The predicted octanol–water partition coefficient (Wildman–Crippen LogP) is 3.70. The highest BCUT2D eigenvalue weighted by atomic mass is 32.2. The standard InChI is InChI=1S/C13H16O2S2/c1-3-11(17-13(16)15-4-2)12(14)10-8-6-5-7-9-10/h5-9,11H,3-4H2,1-2H3. The van der Waals surface area contributed by atoms with Crippen molar-refractivity contribution in [1.82, 2.24) is 0 Å². The molecule has 1 unspecified atom stereocenters. The number of carbonyl (C=O) groups is 1. The Kier molecular flexibility index (Phi) is 6.22. The van der Waals surface area contributed by atoms with Gasteiger partial charge in [0.2, 0.25) is 4.38 Å². The van der Waals surface area contributed by atoms with Gasteiger partial charge in [0.25, 0.3) is 0 Å². The smallest absolute Gasteiger partial charge is 0.220 e. The first-order valence-corrected chi connectivity index (χ1v) is 6.90. The number of thioether (sulfide) groups is 1. The van der Waals surface area contributed by atoms with E-state index in [0.29, 0.717) is 11.0 Å². The largest absolute Gasteiger partial charge is 0.479 e. The van der Waals surface area contributed by atoms with Crippen LogP contribution in [0.1, 0.15) is 30.6 Å². The summed E-state index contributed by atoms with van der Waals surface area (Å²) < 4.78 is 5.65. The van der Waals surface area contributed by atoms with Crippen LogP contribution in [0, 0.1) is 0 Å². The van der Waals surface area contributed by atoms with Crippen molar-refractivity contribution in [1.29, 1.82) is 0 Å². The molecule has 17 heavy (non-hydrogen) atoms. The number of ether oxygens (including phenoxy) is 1. The van der Waals surface area contributed by atoms with Gasteiger partial charge in [-0.3, -0.25) is 4.79 Å². The summed E-state index contributed by atoms with van der Waals surface area (Å²) in [6.07, 6.45) is 0.742. The zero-order valence-corrected chi connectivity index (χ0v) is 11.6. The van der Waals surface area contributed by atoms with Crippen LogP contribution in [0.2, 0.25) is 0 Å². The lowest BCUT2D eigenvalue weighted by atomic mass is 10.1. The molecule has 1 rings (SSSR count). The second kappa shape index (κ2) is 7.45. The summed E-state index contributed by atoms with van der Waals surface area (Å²) in [5.41, 5.74) is 0.728. The van der Waals surface area contributed by atoms with E-state index in [2.05, 4.69) is 0 Å². The first-order valence-electron chi connectivity index (χ1n) is 5.61. The van der Waals surface area contributed by atoms with Gasteiger partial charge < -0.3 is 4.74 Å². The predicted molar refractivity (Wildman–Crippen MR) is 76.7 cm³/mol. The Morgan fingerprint density at radius 2 is 2.00 bits per heavy atom. The van der Waals surface area contributed by atoms with E-state index in [9.17, 15) is 4.79 Å². The molecule has 0 fully saturated rings. The van der Waals surface area contributed by atoms with Crippen molar-refractivity contribution in [2.45, 2.75) is 25.5 Å². The summed E-state index contributed by atoms with van der Waals surface area (Å²) in [4.78, 5) is 12.2. The Morgan fingerprint density at radius 1 is 1.35 bits per heavy atom. The van der Waals surface area contributed by atoms with Crippen LogP contribution in [-0.2, 0) is 4.74 Å². The molecular formula is C13H16O2S2. The minimum Gasteiger partial charge on any atom is -0.479 e. The zero-order chi connectivity index (χ0) is 12.7. The Morgan fingerprint density at radius 3 is 2.53 bits per heavy atom. The van der Waals surface area contributed by atoms with Crippen LogP contribution in [0.15, 0.2) is 30.3 Å². The number of hydrogen-bond acceptors (Lipinski definition) is 4. The van der Waals surface area contributed by atoms with Gasteiger partial charge in [0, 0.05) is 5.56 Å². The van der Waals surface area contributed by atoms with Crippen molar-refractivity contribution in [2.75, 3.05) is 6.61 Å². The fraction of sp³-hybridized carbons (Fsp3) is 0.385. The minimum atomic E-state index is -0.156. The van der Waals surface area contributed by atoms with Crippen molar-refractivity contribution in [3.8, 4) is 0 Å². The molecule has 0 N–H and O–H groups in total. The fourth-order valence-corrected chi connectivity index (χ4v) is 2.67. The van der Waals surface area contributed by atoms with Crippen LogP contribution in [0.25, 0.3) is 0 Å². The summed E-state index contributed by atoms with van der Waals surface area (Å²) in [6, 6.07) is 9.29. The lowest BCUT2D eigenvalue weighted by Gasteiger charge is -2.13. The molecule has 0 spiro atoms. The normalized spacial score (nSPS) is 11.9. The van der Waals surface area contributed by atoms with Gasteiger partial charge in [-0.25, -0.2) is 0 Å². The first-order chi connectivity index (χ1) is 8.19. The van der Waals surface area contributed by atoms with Gasteiger partial charge in [0.15, 0.2) is 5.78 Å². The van der Waals surface area contributed by atoms with Crippen LogP contribution in [0.3, 0.4) is 0 Å². The van der Waals surface area contributed by atoms with Gasteiger partial charge in [-0.1, -0.05) is 49.0 Å². The van der Waals surface area contributed by atoms with Crippen molar-refractivity contribution >= 4 is 34.1 Å². The lowest BCUT2D eigenvalue weighted by molar-refractivity contribution is 0.0988. The van der Waals surface area contributed by atoms with E-state index in [4.69, 9.17) is 17.0 Å². The molecule has 0 aliphatic carbocycles. The average molecular weight is 268 g/mol. The van der Waals surface area contributed by atoms with Crippen LogP contribution < -0.4 is 0 Å². The van der Waals surface area contributed by atoms with Gasteiger partial charge in [0.05, 0.1) is 11.9 Å². The topological polar surface area (TPSA) is 26.3 Å². The maximum atomic E-state index is 12.2. The highest BCUT2D eigenvalue weighted by molar-refractivity contribution is 8.23. The Bertz CT molecular complexity index is 376. The van der Waals surface area contributed by atoms with Crippen molar-refractivity contribution in [3.63, 3.8) is 0 Å². The molecule has 1 aromatic rings. The molecule has 4 heteroatoms. The molecule has 0 aliphatic heterocycles. The number of ketones is 1. The number of benzene rings is 1. The third-order valence-electron chi connectivity index (χ3n) is 2.22. The molecule has 0 amide bonds. The van der Waals surface area contributed by atoms with Gasteiger partial charge in [-0.2, -0.15) is 0 Å². The molecule has 0 bridgehead atoms. The molecule has 1 atom stereocenters. The van der Waals surface area contributed by atoms with Gasteiger partial charge in [-0.15, -0.1) is 0 Å². The Hall–Kier alpha value is -0.870. The average Bonchev–Trinajstić information content (AvgIpc) is 2.36. The van der Waals surface area contributed by atoms with E-state index in [1.807, 2.05) is 44.2 Å². The van der Waals surface area contributed by atoms with Crippen LogP contribution >= 0.6 is 24.0 Å². The fourth-order valence-electron chi connectivity index (χ4n) is 1.38. The van der Waals surface area contributed by atoms with E-state index in [0.717, 1.165) is 12.0 Å². The first kappa shape index (κ1) is 14.2. The molecule has 0 aliphatic rings. The van der Waals surface area contributed by atoms with Gasteiger partial charge in [-0.05, 0) is 25.6 Å². The quantitative estimate of drug-likeness (QED) is 0.601. The van der Waals surface area contributed by atoms with Gasteiger partial charge >= 0.3 is 0 Å². The molecule has 0 radical (unpaired) electrons. The number of hydrogen-bond donors (Lipinski definition) is 0. The van der Waals surface area contributed by atoms with Crippen LogP contribution in [0.5, 0.6) is 0 Å². The summed E-state index contributed by atoms with van der Waals surface area (Å²) in [6.45, 7) is 4.40. The molecule has 0 aromatic heterocycles. The molecular weight excluding hydrogens is 252 g/mol. The van der Waals surface area contributed by atoms with E-state index in [1.165, 1.54) is 11.8 Å². The molecule has 92 valence electrons. The number of rotatable bonds is 5. The maximum absolute atomic E-state index is 12.2. The summed E-state index contributed by atoms with van der Waals surface area (Å²) in [5, 5.41) is -0.156. The van der Waals surface area contributed by atoms with E-state index in [-0.39, 0.29) is 11.0 Å². The molecule has 0 saturated heterocycles. The monoisotopic (exact) mass is 268 g/mol. The minimum absolute atomic E-state index is 0.111. The highest BCUT2D eigenvalue weighted by Crippen LogP contribution is 2.21.